The highest BCUT2D eigenvalue weighted by molar-refractivity contribution is 5.83. The molecule has 1 amide bonds. The van der Waals surface area contributed by atoms with Crippen LogP contribution in [0.15, 0.2) is 27.4 Å². The number of rotatable bonds is 5. The second-order valence-electron chi connectivity index (χ2n) is 9.42. The van der Waals surface area contributed by atoms with Crippen LogP contribution in [0.2, 0.25) is 0 Å². The van der Waals surface area contributed by atoms with Gasteiger partial charge in [-0.15, -0.1) is 0 Å². The summed E-state index contributed by atoms with van der Waals surface area (Å²) in [6.45, 7) is 3.22. The predicted octanol–water partition coefficient (Wildman–Crippen LogP) is 3.38. The van der Waals surface area contributed by atoms with Gasteiger partial charge in [-0.2, -0.15) is 0 Å². The van der Waals surface area contributed by atoms with Crippen LogP contribution in [-0.4, -0.2) is 55.0 Å². The summed E-state index contributed by atoms with van der Waals surface area (Å²) in [5.74, 6) is 1.11. The molecule has 31 heavy (non-hydrogen) atoms. The summed E-state index contributed by atoms with van der Waals surface area (Å²) in [7, 11) is 1.89. The minimum Gasteiger partial charge on any atom is -0.484 e. The monoisotopic (exact) mass is 424 g/mol. The van der Waals surface area contributed by atoms with E-state index in [1.807, 2.05) is 24.1 Å². The van der Waals surface area contributed by atoms with Crippen LogP contribution < -0.4 is 10.4 Å². The molecule has 0 radical (unpaired) electrons. The van der Waals surface area contributed by atoms with Crippen LogP contribution in [0.1, 0.15) is 49.7 Å². The minimum absolute atomic E-state index is 0.00171. The molecule has 1 unspecified atom stereocenters. The third-order valence-electron chi connectivity index (χ3n) is 7.47. The number of piperidine rings is 2. The predicted molar refractivity (Wildman–Crippen MR) is 120 cm³/mol. The molecule has 0 spiro atoms. The fourth-order valence-electron chi connectivity index (χ4n) is 5.85. The molecule has 1 aromatic heterocycles. The lowest BCUT2D eigenvalue weighted by Crippen LogP contribution is -2.51. The van der Waals surface area contributed by atoms with E-state index < -0.39 is 0 Å². The third-order valence-corrected chi connectivity index (χ3v) is 7.47. The van der Waals surface area contributed by atoms with Gasteiger partial charge in [-0.3, -0.25) is 4.79 Å². The zero-order valence-corrected chi connectivity index (χ0v) is 18.4. The molecule has 6 heteroatoms. The number of ether oxygens (including phenoxy) is 1. The topological polar surface area (TPSA) is 63.0 Å². The van der Waals surface area contributed by atoms with Crippen LogP contribution in [-0.2, 0) is 17.6 Å². The first kappa shape index (κ1) is 20.6. The van der Waals surface area contributed by atoms with E-state index in [1.54, 1.807) is 6.07 Å². The summed E-state index contributed by atoms with van der Waals surface area (Å²) >= 11 is 0. The van der Waals surface area contributed by atoms with Crippen LogP contribution >= 0.6 is 0 Å². The Hall–Kier alpha value is -2.34. The van der Waals surface area contributed by atoms with Crippen molar-refractivity contribution in [3.63, 3.8) is 0 Å². The van der Waals surface area contributed by atoms with Crippen molar-refractivity contribution < 1.29 is 13.9 Å². The molecule has 0 saturated carbocycles. The standard InChI is InChI=1S/C25H32N2O4/c1-26(15-17-6-5-13-27-12-3-2-9-22(17)27)24(28)16-30-18-10-11-20-19-7-4-8-21(19)25(29)31-23(20)14-18/h10-11,14,17,22H,2-9,12-13,15-16H2,1H3/t17?,22-/m0/s1. The maximum Gasteiger partial charge on any atom is 0.339 e. The van der Waals surface area contributed by atoms with Gasteiger partial charge in [0.1, 0.15) is 11.3 Å². The van der Waals surface area contributed by atoms with Crippen molar-refractivity contribution in [1.29, 1.82) is 0 Å². The summed E-state index contributed by atoms with van der Waals surface area (Å²) in [5, 5.41) is 0.984. The molecule has 2 aliphatic heterocycles. The minimum atomic E-state index is -0.239. The lowest BCUT2D eigenvalue weighted by atomic mass is 9.83. The second kappa shape index (κ2) is 8.65. The van der Waals surface area contributed by atoms with E-state index in [2.05, 4.69) is 4.90 Å². The second-order valence-corrected chi connectivity index (χ2v) is 9.42. The molecule has 0 N–H and O–H groups in total. The molecular weight excluding hydrogens is 392 g/mol. The van der Waals surface area contributed by atoms with E-state index in [0.29, 0.717) is 23.3 Å². The van der Waals surface area contributed by atoms with Gasteiger partial charge < -0.3 is 19.0 Å². The molecule has 0 bridgehead atoms. The molecule has 2 saturated heterocycles. The molecule has 2 fully saturated rings. The van der Waals surface area contributed by atoms with E-state index in [9.17, 15) is 9.59 Å². The van der Waals surface area contributed by atoms with Crippen LogP contribution in [0.25, 0.3) is 11.0 Å². The zero-order valence-electron chi connectivity index (χ0n) is 18.4. The Morgan fingerprint density at radius 2 is 1.97 bits per heavy atom. The maximum absolute atomic E-state index is 12.7. The molecule has 5 rings (SSSR count). The first-order chi connectivity index (χ1) is 15.1. The molecule has 166 valence electrons. The van der Waals surface area contributed by atoms with Gasteiger partial charge >= 0.3 is 5.63 Å². The first-order valence-electron chi connectivity index (χ1n) is 11.8. The molecule has 6 nitrogen and oxygen atoms in total. The molecule has 3 heterocycles. The van der Waals surface area contributed by atoms with Crippen molar-refractivity contribution in [2.45, 2.75) is 57.4 Å². The van der Waals surface area contributed by atoms with Crippen LogP contribution in [0, 0.1) is 5.92 Å². The quantitative estimate of drug-likeness (QED) is 0.689. The Morgan fingerprint density at radius 1 is 1.13 bits per heavy atom. The van der Waals surface area contributed by atoms with Gasteiger partial charge in [0.05, 0.1) is 0 Å². The molecule has 2 atom stereocenters. The Balaban J connectivity index is 1.21. The normalized spacial score (nSPS) is 23.4. The molecule has 1 aromatic carbocycles. The highest BCUT2D eigenvalue weighted by Crippen LogP contribution is 2.32. The van der Waals surface area contributed by atoms with E-state index in [1.165, 1.54) is 45.2 Å². The van der Waals surface area contributed by atoms with Gasteiger partial charge in [0.25, 0.3) is 5.91 Å². The average Bonchev–Trinajstić information content (AvgIpc) is 3.28. The largest absolute Gasteiger partial charge is 0.484 e. The summed E-state index contributed by atoms with van der Waals surface area (Å²) in [6, 6.07) is 6.19. The van der Waals surface area contributed by atoms with Crippen molar-refractivity contribution in [2.75, 3.05) is 33.3 Å². The molecular formula is C25H32N2O4. The fourth-order valence-corrected chi connectivity index (χ4v) is 5.85. The number of hydrogen-bond acceptors (Lipinski definition) is 5. The average molecular weight is 425 g/mol. The van der Waals surface area contributed by atoms with E-state index >= 15 is 0 Å². The number of amides is 1. The smallest absolute Gasteiger partial charge is 0.339 e. The van der Waals surface area contributed by atoms with Crippen molar-refractivity contribution in [3.8, 4) is 5.75 Å². The number of fused-ring (bicyclic) bond motifs is 4. The van der Waals surface area contributed by atoms with E-state index in [-0.39, 0.29) is 18.1 Å². The first-order valence-corrected chi connectivity index (χ1v) is 11.8. The maximum atomic E-state index is 12.7. The SMILES string of the molecule is CN(CC1CCCN2CCCC[C@@H]12)C(=O)COc1ccc2c3c(c(=O)oc2c1)CCC3. The summed E-state index contributed by atoms with van der Waals surface area (Å²) in [4.78, 5) is 29.4. The van der Waals surface area contributed by atoms with Crippen molar-refractivity contribution >= 4 is 16.9 Å². The van der Waals surface area contributed by atoms with Crippen molar-refractivity contribution in [1.82, 2.24) is 9.80 Å². The lowest BCUT2D eigenvalue weighted by Gasteiger charge is -2.45. The third kappa shape index (κ3) is 4.10. The fraction of sp³-hybridized carbons (Fsp3) is 0.600. The number of likely N-dealkylation sites (N-methyl/N-ethyl adjacent to an activating group) is 1. The lowest BCUT2D eigenvalue weighted by molar-refractivity contribution is -0.133. The highest BCUT2D eigenvalue weighted by atomic mass is 16.5. The van der Waals surface area contributed by atoms with Gasteiger partial charge in [-0.1, -0.05) is 6.42 Å². The highest BCUT2D eigenvalue weighted by Gasteiger charge is 2.34. The summed E-state index contributed by atoms with van der Waals surface area (Å²) in [6.07, 6.45) is 9.01. The van der Waals surface area contributed by atoms with Gasteiger partial charge in [-0.25, -0.2) is 4.79 Å². The molecule has 2 aromatic rings. The summed E-state index contributed by atoms with van der Waals surface area (Å²) in [5.41, 5.74) is 2.23. The van der Waals surface area contributed by atoms with Crippen LogP contribution in [0.3, 0.4) is 0 Å². The molecule has 3 aliphatic rings. The van der Waals surface area contributed by atoms with Gasteiger partial charge in [-0.05, 0) is 81.6 Å². The van der Waals surface area contributed by atoms with Crippen LogP contribution in [0.4, 0.5) is 0 Å². The Morgan fingerprint density at radius 3 is 2.87 bits per heavy atom. The number of nitrogens with zero attached hydrogens (tertiary/aromatic N) is 2. The number of carbonyl (C=O) groups excluding carboxylic acids is 1. The van der Waals surface area contributed by atoms with Gasteiger partial charge in [0.2, 0.25) is 0 Å². The Labute approximate surface area is 183 Å². The summed E-state index contributed by atoms with van der Waals surface area (Å²) < 4.78 is 11.3. The number of benzene rings is 1. The number of carbonyl (C=O) groups is 1. The van der Waals surface area contributed by atoms with Crippen LogP contribution in [0.5, 0.6) is 5.75 Å². The van der Waals surface area contributed by atoms with Gasteiger partial charge in [0, 0.05) is 36.7 Å². The molecule has 1 aliphatic carbocycles. The van der Waals surface area contributed by atoms with Crippen molar-refractivity contribution in [3.05, 3.63) is 39.7 Å². The Bertz CT molecular complexity index is 1030. The van der Waals surface area contributed by atoms with E-state index in [4.69, 9.17) is 9.15 Å². The van der Waals surface area contributed by atoms with Crippen molar-refractivity contribution in [2.24, 2.45) is 5.92 Å². The number of hydrogen-bond donors (Lipinski definition) is 0. The van der Waals surface area contributed by atoms with E-state index in [0.717, 1.165) is 42.3 Å². The zero-order chi connectivity index (χ0) is 21.4. The number of aryl methyl sites for hydroxylation is 1. The van der Waals surface area contributed by atoms with Gasteiger partial charge in [0.15, 0.2) is 6.61 Å². The Kier molecular flexibility index (Phi) is 5.74.